The summed E-state index contributed by atoms with van der Waals surface area (Å²) in [5.74, 6) is 0.284. The zero-order valence-electron chi connectivity index (χ0n) is 27.9. The number of sulfone groups is 1. The molecule has 2 N–H and O–H groups in total. The van der Waals surface area contributed by atoms with Crippen molar-refractivity contribution in [1.29, 1.82) is 0 Å². The van der Waals surface area contributed by atoms with Crippen molar-refractivity contribution in [3.05, 3.63) is 57.2 Å². The first-order valence-corrected chi connectivity index (χ1v) is 19.5. The third kappa shape index (κ3) is 8.43. The van der Waals surface area contributed by atoms with E-state index in [9.17, 15) is 18.3 Å². The van der Waals surface area contributed by atoms with Gasteiger partial charge in [-0.3, -0.25) is 4.79 Å². The van der Waals surface area contributed by atoms with Gasteiger partial charge in [-0.05, 0) is 116 Å². The van der Waals surface area contributed by atoms with Crippen molar-refractivity contribution in [2.24, 2.45) is 17.8 Å². The number of carbonyl (C=O) groups excluding carboxylic acids is 1. The number of rotatable bonds is 16. The zero-order valence-corrected chi connectivity index (χ0v) is 30.9. The van der Waals surface area contributed by atoms with E-state index >= 15 is 0 Å². The summed E-state index contributed by atoms with van der Waals surface area (Å²) in [6.07, 6.45) is 4.39. The maximum absolute atomic E-state index is 14.2. The Morgan fingerprint density at radius 3 is 2.38 bits per heavy atom. The Morgan fingerprint density at radius 2 is 1.76 bits per heavy atom. The normalized spacial score (nSPS) is 23.9. The Morgan fingerprint density at radius 1 is 1.07 bits per heavy atom. The summed E-state index contributed by atoms with van der Waals surface area (Å²) >= 11 is 2.19. The zero-order chi connectivity index (χ0) is 32.9. The summed E-state index contributed by atoms with van der Waals surface area (Å²) in [7, 11) is -3.63. The predicted molar refractivity (Wildman–Crippen MR) is 189 cm³/mol. The summed E-state index contributed by atoms with van der Waals surface area (Å²) < 4.78 is 35.6. The molecule has 2 aliphatic rings. The Hall–Kier alpha value is -1.69. The van der Waals surface area contributed by atoms with Crippen LogP contribution in [0.15, 0.2) is 47.4 Å². The van der Waals surface area contributed by atoms with Gasteiger partial charge in [0, 0.05) is 28.1 Å². The van der Waals surface area contributed by atoms with Crippen LogP contribution in [0.3, 0.4) is 0 Å². The number of likely N-dealkylation sites (N-methyl/N-ethyl adjacent to an activating group) is 1. The van der Waals surface area contributed by atoms with E-state index in [1.807, 2.05) is 44.2 Å². The van der Waals surface area contributed by atoms with Gasteiger partial charge in [0.25, 0.3) is 0 Å². The number of benzene rings is 2. The van der Waals surface area contributed by atoms with Gasteiger partial charge in [-0.15, -0.1) is 0 Å². The average molecular weight is 753 g/mol. The van der Waals surface area contributed by atoms with Gasteiger partial charge in [-0.1, -0.05) is 59.1 Å². The topological polar surface area (TPSA) is 95.9 Å². The SMILES string of the molecule is CCCCN(CC)CCNC(=O)Cc1ccc2c(c1)C(C1C(CC(CC)CC)C1S(=O)(=O)c1ccc(I)cc1)[C@H](O)C(C)(C)O2. The van der Waals surface area contributed by atoms with E-state index in [1.165, 1.54) is 0 Å². The number of aliphatic hydroxyl groups excluding tert-OH is 1. The molecule has 0 bridgehead atoms. The molecule has 45 heavy (non-hydrogen) atoms. The Bertz CT molecular complexity index is 1390. The number of halogens is 1. The minimum absolute atomic E-state index is 0.0483. The molecule has 250 valence electrons. The average Bonchev–Trinajstić information content (AvgIpc) is 3.72. The number of fused-ring (bicyclic) bond motifs is 1. The molecule has 1 aliphatic heterocycles. The number of amides is 1. The van der Waals surface area contributed by atoms with Crippen LogP contribution in [0.4, 0.5) is 0 Å². The van der Waals surface area contributed by atoms with Gasteiger partial charge in [0.1, 0.15) is 17.5 Å². The molecule has 1 fully saturated rings. The molecule has 9 heteroatoms. The lowest BCUT2D eigenvalue weighted by Crippen LogP contribution is -2.49. The second kappa shape index (κ2) is 15.5. The number of ether oxygens (including phenoxy) is 1. The number of nitrogens with zero attached hydrogens (tertiary/aromatic N) is 1. The smallest absolute Gasteiger partial charge is 0.224 e. The van der Waals surface area contributed by atoms with Crippen LogP contribution in [0.5, 0.6) is 5.75 Å². The van der Waals surface area contributed by atoms with Crippen LogP contribution in [-0.2, 0) is 21.1 Å². The molecule has 4 rings (SSSR count). The fourth-order valence-corrected chi connectivity index (χ4v) is 9.83. The predicted octanol–water partition coefficient (Wildman–Crippen LogP) is 6.60. The van der Waals surface area contributed by atoms with Crippen LogP contribution in [-0.4, -0.2) is 67.5 Å². The number of hydrogen-bond donors (Lipinski definition) is 2. The van der Waals surface area contributed by atoms with Crippen molar-refractivity contribution in [2.45, 2.75) is 108 Å². The Balaban J connectivity index is 1.61. The van der Waals surface area contributed by atoms with Crippen molar-refractivity contribution in [3.63, 3.8) is 0 Å². The second-order valence-electron chi connectivity index (χ2n) is 13.5. The molecule has 0 aromatic heterocycles. The first-order chi connectivity index (χ1) is 21.4. The monoisotopic (exact) mass is 752 g/mol. The van der Waals surface area contributed by atoms with Gasteiger partial charge in [0.2, 0.25) is 5.91 Å². The molecule has 7 nitrogen and oxygen atoms in total. The van der Waals surface area contributed by atoms with Gasteiger partial charge in [0.05, 0.1) is 16.6 Å². The minimum Gasteiger partial charge on any atom is -0.485 e. The van der Waals surface area contributed by atoms with Crippen LogP contribution in [0, 0.1) is 21.3 Å². The molecule has 5 atom stereocenters. The molecular formula is C36H53IN2O5S. The summed E-state index contributed by atoms with van der Waals surface area (Å²) in [6.45, 7) is 15.8. The standard InChI is InChI=1S/C36H53IN2O5S/c1-7-11-19-39(10-4)20-18-38-31(40)23-25-12-17-30-28(22-25)33(35(41)36(5,6)44-30)32-29(21-24(8-2)9-3)34(32)45(42,43)27-15-13-26(37)14-16-27/h12-17,22,24,29,32-35,41H,7-11,18-21,23H2,1-6H3,(H,38,40)/t29?,32?,33?,34?,35-/m0/s1. The molecule has 2 aromatic carbocycles. The van der Waals surface area contributed by atoms with E-state index in [0.29, 0.717) is 23.1 Å². The van der Waals surface area contributed by atoms with E-state index in [-0.39, 0.29) is 24.2 Å². The summed E-state index contributed by atoms with van der Waals surface area (Å²) in [5.41, 5.74) is 0.752. The first kappa shape index (κ1) is 36.2. The first-order valence-electron chi connectivity index (χ1n) is 16.9. The lowest BCUT2D eigenvalue weighted by Gasteiger charge is -2.43. The van der Waals surface area contributed by atoms with E-state index in [2.05, 4.69) is 60.5 Å². The number of unbranched alkanes of at least 4 members (excludes halogenated alkanes) is 1. The molecule has 1 saturated carbocycles. The minimum atomic E-state index is -3.63. The van der Waals surface area contributed by atoms with Gasteiger partial charge < -0.3 is 20.1 Å². The Labute approximate surface area is 285 Å². The largest absolute Gasteiger partial charge is 0.485 e. The number of aliphatic hydroxyl groups is 1. The van der Waals surface area contributed by atoms with Crippen LogP contribution in [0.2, 0.25) is 0 Å². The van der Waals surface area contributed by atoms with E-state index in [4.69, 9.17) is 4.74 Å². The highest BCUT2D eigenvalue weighted by atomic mass is 127. The lowest BCUT2D eigenvalue weighted by atomic mass is 9.77. The lowest BCUT2D eigenvalue weighted by molar-refractivity contribution is -0.120. The summed E-state index contributed by atoms with van der Waals surface area (Å²) in [4.78, 5) is 15.7. The van der Waals surface area contributed by atoms with Gasteiger partial charge in [0.15, 0.2) is 9.84 Å². The molecule has 4 unspecified atom stereocenters. The second-order valence-corrected chi connectivity index (χ2v) is 16.8. The molecular weight excluding hydrogens is 699 g/mol. The highest BCUT2D eigenvalue weighted by molar-refractivity contribution is 14.1. The summed E-state index contributed by atoms with van der Waals surface area (Å²) in [6, 6.07) is 12.9. The van der Waals surface area contributed by atoms with Crippen molar-refractivity contribution in [1.82, 2.24) is 10.2 Å². The van der Waals surface area contributed by atoms with Crippen LogP contribution in [0.1, 0.15) is 90.7 Å². The quantitative estimate of drug-likeness (QED) is 0.188. The maximum Gasteiger partial charge on any atom is 0.224 e. The Kier molecular flexibility index (Phi) is 12.4. The molecule has 0 spiro atoms. The summed E-state index contributed by atoms with van der Waals surface area (Å²) in [5, 5.41) is 14.3. The molecule has 2 aromatic rings. The van der Waals surface area contributed by atoms with E-state index < -0.39 is 32.7 Å². The van der Waals surface area contributed by atoms with Crippen molar-refractivity contribution in [3.8, 4) is 5.75 Å². The fourth-order valence-electron chi connectivity index (χ4n) is 7.19. The van der Waals surface area contributed by atoms with Crippen LogP contribution >= 0.6 is 22.6 Å². The highest BCUT2D eigenvalue weighted by Gasteiger charge is 2.64. The third-order valence-electron chi connectivity index (χ3n) is 10.1. The number of hydrogen-bond acceptors (Lipinski definition) is 6. The van der Waals surface area contributed by atoms with Gasteiger partial charge in [-0.2, -0.15) is 0 Å². The van der Waals surface area contributed by atoms with Gasteiger partial charge >= 0.3 is 0 Å². The number of carbonyl (C=O) groups is 1. The molecule has 1 aliphatic carbocycles. The van der Waals surface area contributed by atoms with Gasteiger partial charge in [-0.25, -0.2) is 8.42 Å². The maximum atomic E-state index is 14.2. The van der Waals surface area contributed by atoms with Crippen LogP contribution in [0.25, 0.3) is 0 Å². The van der Waals surface area contributed by atoms with Crippen molar-refractivity contribution in [2.75, 3.05) is 26.2 Å². The van der Waals surface area contributed by atoms with E-state index in [0.717, 1.165) is 66.4 Å². The third-order valence-corrected chi connectivity index (χ3v) is 13.1. The molecule has 1 amide bonds. The molecule has 0 saturated heterocycles. The van der Waals surface area contributed by atoms with Crippen molar-refractivity contribution >= 4 is 38.3 Å². The van der Waals surface area contributed by atoms with E-state index in [1.54, 1.807) is 12.1 Å². The molecule has 1 heterocycles. The fraction of sp³-hybridized carbons (Fsp3) is 0.639. The number of nitrogens with one attached hydrogen (secondary N) is 1. The molecule has 0 radical (unpaired) electrons. The van der Waals surface area contributed by atoms with Crippen molar-refractivity contribution < 1.29 is 23.1 Å². The van der Waals surface area contributed by atoms with Crippen LogP contribution < -0.4 is 10.1 Å². The highest BCUT2D eigenvalue weighted by Crippen LogP contribution is 2.61.